The number of benzene rings is 9. The van der Waals surface area contributed by atoms with Gasteiger partial charge in [-0.2, -0.15) is 0 Å². The van der Waals surface area contributed by atoms with Crippen LogP contribution in [0.1, 0.15) is 0 Å². The number of thiophene rings is 1. The van der Waals surface area contributed by atoms with Crippen LogP contribution in [0.2, 0.25) is 0 Å². The molecule has 0 spiro atoms. The second-order valence-corrected chi connectivity index (χ2v) is 15.5. The highest BCUT2D eigenvalue weighted by Gasteiger charge is 2.18. The van der Waals surface area contributed by atoms with Crippen LogP contribution in [0, 0.1) is 0 Å². The van der Waals surface area contributed by atoms with Gasteiger partial charge in [-0.15, -0.1) is 11.3 Å². The molecule has 11 rings (SSSR count). The Balaban J connectivity index is 1.03. The molecule has 0 atom stereocenters. The first-order chi connectivity index (χ1) is 28.2. The van der Waals surface area contributed by atoms with Crippen LogP contribution in [0.3, 0.4) is 0 Å². The molecule has 11 aromatic rings. The van der Waals surface area contributed by atoms with E-state index in [1.165, 1.54) is 58.6 Å². The zero-order chi connectivity index (χ0) is 37.7. The fourth-order valence-corrected chi connectivity index (χ4v) is 9.11. The summed E-state index contributed by atoms with van der Waals surface area (Å²) in [5.74, 6) is 1.94. The van der Waals surface area contributed by atoms with Crippen molar-refractivity contribution in [2.75, 3.05) is 0 Å². The Morgan fingerprint density at radius 2 is 0.754 bits per heavy atom. The van der Waals surface area contributed by atoms with Gasteiger partial charge in [0.25, 0.3) is 0 Å². The monoisotopic (exact) mass is 743 g/mol. The number of rotatable bonds is 6. The van der Waals surface area contributed by atoms with Gasteiger partial charge >= 0.3 is 0 Å². The summed E-state index contributed by atoms with van der Waals surface area (Å²) < 4.78 is 2.46. The molecule has 3 nitrogen and oxygen atoms in total. The van der Waals surface area contributed by atoms with Crippen molar-refractivity contribution in [3.63, 3.8) is 0 Å². The lowest BCUT2D eigenvalue weighted by Gasteiger charge is -2.12. The van der Waals surface area contributed by atoms with E-state index in [4.69, 9.17) is 15.0 Å². The van der Waals surface area contributed by atoms with Gasteiger partial charge in [-0.1, -0.05) is 164 Å². The van der Waals surface area contributed by atoms with Crippen molar-refractivity contribution < 1.29 is 0 Å². The molecular weight excluding hydrogens is 711 g/mol. The molecule has 2 aromatic heterocycles. The molecule has 0 amide bonds. The molecule has 4 heteroatoms. The third-order valence-electron chi connectivity index (χ3n) is 10.9. The summed E-state index contributed by atoms with van der Waals surface area (Å²) in [7, 11) is 0. The van der Waals surface area contributed by atoms with Crippen LogP contribution in [-0.4, -0.2) is 15.0 Å². The molecule has 2 heterocycles. The molecule has 0 aliphatic heterocycles. The molecule has 0 aliphatic rings. The number of nitrogens with zero attached hydrogens (tertiary/aromatic N) is 3. The fourth-order valence-electron chi connectivity index (χ4n) is 7.97. The maximum atomic E-state index is 5.25. The number of hydrogen-bond donors (Lipinski definition) is 0. The van der Waals surface area contributed by atoms with Crippen molar-refractivity contribution in [1.82, 2.24) is 15.0 Å². The van der Waals surface area contributed by atoms with E-state index in [9.17, 15) is 0 Å². The number of hydrogen-bond acceptors (Lipinski definition) is 4. The molecule has 0 saturated carbocycles. The van der Waals surface area contributed by atoms with Gasteiger partial charge in [0.05, 0.1) is 0 Å². The van der Waals surface area contributed by atoms with Gasteiger partial charge < -0.3 is 0 Å². The van der Waals surface area contributed by atoms with Crippen molar-refractivity contribution in [2.45, 2.75) is 0 Å². The van der Waals surface area contributed by atoms with E-state index in [2.05, 4.69) is 200 Å². The van der Waals surface area contributed by atoms with Crippen LogP contribution in [0.4, 0.5) is 0 Å². The summed E-state index contributed by atoms with van der Waals surface area (Å²) in [6, 6.07) is 71.2. The van der Waals surface area contributed by atoms with Crippen LogP contribution in [0.15, 0.2) is 200 Å². The molecule has 0 radical (unpaired) electrons. The standard InChI is InChI=1S/C53H33N3S/c1-2-10-34(11-3-1)42-28-25-38-26-29-44(33-45(38)32-42)52-54-51(55-53(56-52)47-17-9-19-49-50(47)46-16-6-7-18-48(46)57-49)43-15-8-14-40(31-43)36-20-22-37(23-21-36)41-27-24-35-12-4-5-13-39(35)30-41/h1-33H. The van der Waals surface area contributed by atoms with Crippen LogP contribution in [-0.2, 0) is 0 Å². The first-order valence-corrected chi connectivity index (χ1v) is 20.0. The van der Waals surface area contributed by atoms with Crippen LogP contribution < -0.4 is 0 Å². The Kier molecular flexibility index (Phi) is 8.01. The highest BCUT2D eigenvalue weighted by Crippen LogP contribution is 2.40. The lowest BCUT2D eigenvalue weighted by Crippen LogP contribution is -2.00. The largest absolute Gasteiger partial charge is 0.208 e. The van der Waals surface area contributed by atoms with Crippen LogP contribution in [0.25, 0.3) is 109 Å². The first kappa shape index (κ1) is 33.1. The maximum Gasteiger partial charge on any atom is 0.164 e. The summed E-state index contributed by atoms with van der Waals surface area (Å²) in [4.78, 5) is 15.7. The molecule has 9 aromatic carbocycles. The van der Waals surface area contributed by atoms with Crippen molar-refractivity contribution in [1.29, 1.82) is 0 Å². The van der Waals surface area contributed by atoms with Crippen molar-refractivity contribution in [2.24, 2.45) is 0 Å². The zero-order valence-electron chi connectivity index (χ0n) is 30.8. The highest BCUT2D eigenvalue weighted by atomic mass is 32.1. The maximum absolute atomic E-state index is 5.25. The number of aromatic nitrogens is 3. The quantitative estimate of drug-likeness (QED) is 0.170. The minimum Gasteiger partial charge on any atom is -0.208 e. The van der Waals surface area contributed by atoms with Crippen molar-refractivity contribution in [3.05, 3.63) is 200 Å². The van der Waals surface area contributed by atoms with Gasteiger partial charge in [0.2, 0.25) is 0 Å². The molecule has 0 bridgehead atoms. The predicted molar refractivity (Wildman–Crippen MR) is 240 cm³/mol. The number of fused-ring (bicyclic) bond motifs is 5. The average molecular weight is 744 g/mol. The van der Waals surface area contributed by atoms with Gasteiger partial charge in [0.1, 0.15) is 0 Å². The molecular formula is C53H33N3S. The predicted octanol–water partition coefficient (Wildman–Crippen LogP) is 14.5. The van der Waals surface area contributed by atoms with E-state index in [1.807, 2.05) is 0 Å². The van der Waals surface area contributed by atoms with Gasteiger partial charge in [-0.3, -0.25) is 0 Å². The Morgan fingerprint density at radius 1 is 0.281 bits per heavy atom. The van der Waals surface area contributed by atoms with E-state index in [-0.39, 0.29) is 0 Å². The Morgan fingerprint density at radius 3 is 1.53 bits per heavy atom. The molecule has 57 heavy (non-hydrogen) atoms. The second kappa shape index (κ2) is 13.8. The Hall–Kier alpha value is -7.27. The molecule has 0 fully saturated rings. The van der Waals surface area contributed by atoms with Crippen molar-refractivity contribution in [3.8, 4) is 67.5 Å². The van der Waals surface area contributed by atoms with E-state index in [0.717, 1.165) is 33.2 Å². The van der Waals surface area contributed by atoms with Crippen LogP contribution >= 0.6 is 11.3 Å². The minimum atomic E-state index is 0.638. The van der Waals surface area contributed by atoms with Gasteiger partial charge in [0.15, 0.2) is 17.5 Å². The zero-order valence-corrected chi connectivity index (χ0v) is 31.6. The average Bonchev–Trinajstić information content (AvgIpc) is 3.68. The van der Waals surface area contributed by atoms with Crippen LogP contribution in [0.5, 0.6) is 0 Å². The molecule has 0 saturated heterocycles. The first-order valence-electron chi connectivity index (χ1n) is 19.2. The lowest BCUT2D eigenvalue weighted by molar-refractivity contribution is 1.08. The third-order valence-corrected chi connectivity index (χ3v) is 12.0. The van der Waals surface area contributed by atoms with E-state index in [0.29, 0.717) is 17.5 Å². The summed E-state index contributed by atoms with van der Waals surface area (Å²) in [5, 5.41) is 7.18. The van der Waals surface area contributed by atoms with Gasteiger partial charge in [0, 0.05) is 36.9 Å². The molecule has 0 aliphatic carbocycles. The molecule has 266 valence electrons. The van der Waals surface area contributed by atoms with E-state index >= 15 is 0 Å². The minimum absolute atomic E-state index is 0.638. The third kappa shape index (κ3) is 6.13. The fraction of sp³-hybridized carbons (Fsp3) is 0. The Labute approximate surface area is 334 Å². The SMILES string of the molecule is c1ccc(-c2ccc3ccc(-c4nc(-c5cccc(-c6ccc(-c7ccc8ccccc8c7)cc6)c5)nc(-c5cccc6sc7ccccc7c56)n4)cc3c2)cc1. The smallest absolute Gasteiger partial charge is 0.164 e. The summed E-state index contributed by atoms with van der Waals surface area (Å²) in [6.07, 6.45) is 0. The summed E-state index contributed by atoms with van der Waals surface area (Å²) in [5.41, 5.74) is 9.88. The summed E-state index contributed by atoms with van der Waals surface area (Å²) >= 11 is 1.80. The van der Waals surface area contributed by atoms with Gasteiger partial charge in [-0.05, 0) is 91.3 Å². The van der Waals surface area contributed by atoms with E-state index in [1.54, 1.807) is 11.3 Å². The molecule has 0 N–H and O–H groups in total. The second-order valence-electron chi connectivity index (χ2n) is 14.4. The Bertz CT molecular complexity index is 3290. The normalized spacial score (nSPS) is 11.5. The highest BCUT2D eigenvalue weighted by molar-refractivity contribution is 7.25. The topological polar surface area (TPSA) is 38.7 Å². The molecule has 0 unspecified atom stereocenters. The van der Waals surface area contributed by atoms with Gasteiger partial charge in [-0.25, -0.2) is 15.0 Å². The lowest BCUT2D eigenvalue weighted by atomic mass is 9.97. The van der Waals surface area contributed by atoms with Crippen molar-refractivity contribution >= 4 is 53.1 Å². The van der Waals surface area contributed by atoms with E-state index < -0.39 is 0 Å². The summed E-state index contributed by atoms with van der Waals surface area (Å²) in [6.45, 7) is 0.